The predicted molar refractivity (Wildman–Crippen MR) is 76.5 cm³/mol. The smallest absolute Gasteiger partial charge is 0.262 e. The van der Waals surface area contributed by atoms with Gasteiger partial charge in [0.2, 0.25) is 0 Å². The summed E-state index contributed by atoms with van der Waals surface area (Å²) >= 11 is 5.90. The molecule has 0 aromatic heterocycles. The average Bonchev–Trinajstić information content (AvgIpc) is 2.45. The fraction of sp³-hybridized carbons (Fsp3) is 0.286. The van der Waals surface area contributed by atoms with Crippen LogP contribution in [0, 0.1) is 11.3 Å². The van der Waals surface area contributed by atoms with Gasteiger partial charge in [0.05, 0.1) is 13.7 Å². The largest absolute Gasteiger partial charge is 0.496 e. The molecule has 0 saturated heterocycles. The minimum atomic E-state index is -0.466. The lowest BCUT2D eigenvalue weighted by molar-refractivity contribution is -0.117. The lowest BCUT2D eigenvalue weighted by Gasteiger charge is -2.06. The third-order valence-electron chi connectivity index (χ3n) is 2.45. The molecule has 1 aromatic carbocycles. The molecular weight excluding hydrogens is 280 g/mol. The fourth-order valence-corrected chi connectivity index (χ4v) is 1.66. The van der Waals surface area contributed by atoms with Crippen molar-refractivity contribution in [3.63, 3.8) is 0 Å². The molecule has 1 N–H and O–H groups in total. The van der Waals surface area contributed by atoms with E-state index in [2.05, 4.69) is 5.32 Å². The number of hydrogen-bond donors (Lipinski definition) is 1. The molecule has 0 spiro atoms. The number of amides is 1. The van der Waals surface area contributed by atoms with Crippen molar-refractivity contribution in [1.82, 2.24) is 5.32 Å². The standard InChI is InChI=1S/C14H15ClN2O3/c1-19-6-5-17-14(18)11(9-16)7-10-8-12(15)3-4-13(10)20-2/h3-4,7-8H,5-6H2,1-2H3,(H,17,18)/b11-7+. The van der Waals surface area contributed by atoms with Gasteiger partial charge in [-0.25, -0.2) is 0 Å². The van der Waals surface area contributed by atoms with E-state index >= 15 is 0 Å². The van der Waals surface area contributed by atoms with E-state index in [1.807, 2.05) is 6.07 Å². The minimum Gasteiger partial charge on any atom is -0.496 e. The summed E-state index contributed by atoms with van der Waals surface area (Å²) in [5.74, 6) is 0.0680. The number of nitrogens with zero attached hydrogens (tertiary/aromatic N) is 1. The van der Waals surface area contributed by atoms with Crippen molar-refractivity contribution < 1.29 is 14.3 Å². The molecule has 0 radical (unpaired) electrons. The van der Waals surface area contributed by atoms with Gasteiger partial charge >= 0.3 is 0 Å². The maximum atomic E-state index is 11.8. The zero-order chi connectivity index (χ0) is 15.0. The second-order valence-electron chi connectivity index (χ2n) is 3.80. The van der Waals surface area contributed by atoms with Crippen molar-refractivity contribution in [3.8, 4) is 11.8 Å². The van der Waals surface area contributed by atoms with Gasteiger partial charge in [-0.2, -0.15) is 5.26 Å². The van der Waals surface area contributed by atoms with Gasteiger partial charge in [0, 0.05) is 24.2 Å². The second kappa shape index (κ2) is 8.20. The summed E-state index contributed by atoms with van der Waals surface area (Å²) in [6.07, 6.45) is 1.44. The molecule has 0 aliphatic rings. The van der Waals surface area contributed by atoms with Gasteiger partial charge in [0.15, 0.2) is 0 Å². The van der Waals surface area contributed by atoms with Crippen LogP contribution in [-0.2, 0) is 9.53 Å². The summed E-state index contributed by atoms with van der Waals surface area (Å²) in [6.45, 7) is 0.714. The van der Waals surface area contributed by atoms with Crippen molar-refractivity contribution in [2.75, 3.05) is 27.4 Å². The number of rotatable bonds is 6. The third-order valence-corrected chi connectivity index (χ3v) is 2.68. The number of ether oxygens (including phenoxy) is 2. The van der Waals surface area contributed by atoms with Crippen LogP contribution in [0.3, 0.4) is 0 Å². The summed E-state index contributed by atoms with van der Waals surface area (Å²) in [6, 6.07) is 6.82. The Hall–Kier alpha value is -2.03. The summed E-state index contributed by atoms with van der Waals surface area (Å²) < 4.78 is 9.98. The first-order valence-electron chi connectivity index (χ1n) is 5.84. The highest BCUT2D eigenvalue weighted by Crippen LogP contribution is 2.24. The van der Waals surface area contributed by atoms with Gasteiger partial charge in [0.25, 0.3) is 5.91 Å². The maximum Gasteiger partial charge on any atom is 0.262 e. The van der Waals surface area contributed by atoms with E-state index in [9.17, 15) is 4.79 Å². The minimum absolute atomic E-state index is 0.0262. The number of nitrogens with one attached hydrogen (secondary N) is 1. The molecule has 1 amide bonds. The lowest BCUT2D eigenvalue weighted by atomic mass is 10.1. The van der Waals surface area contributed by atoms with Crippen LogP contribution >= 0.6 is 11.6 Å². The summed E-state index contributed by atoms with van der Waals surface area (Å²) in [4.78, 5) is 11.8. The molecule has 0 fully saturated rings. The number of benzene rings is 1. The van der Waals surface area contributed by atoms with E-state index < -0.39 is 5.91 Å². The molecule has 0 bridgehead atoms. The molecule has 0 aliphatic heterocycles. The molecule has 0 saturated carbocycles. The number of carbonyl (C=O) groups is 1. The van der Waals surface area contributed by atoms with Gasteiger partial charge in [-0.15, -0.1) is 0 Å². The van der Waals surface area contributed by atoms with Crippen molar-refractivity contribution in [1.29, 1.82) is 5.26 Å². The Kier molecular flexibility index (Phi) is 6.57. The fourth-order valence-electron chi connectivity index (χ4n) is 1.48. The van der Waals surface area contributed by atoms with E-state index in [1.54, 1.807) is 18.2 Å². The molecule has 1 aromatic rings. The van der Waals surface area contributed by atoms with Gasteiger partial charge in [-0.05, 0) is 24.3 Å². The number of nitriles is 1. The molecule has 0 aliphatic carbocycles. The molecule has 5 nitrogen and oxygen atoms in total. The Balaban J connectivity index is 2.97. The van der Waals surface area contributed by atoms with Crippen LogP contribution in [0.2, 0.25) is 5.02 Å². The lowest BCUT2D eigenvalue weighted by Crippen LogP contribution is -2.27. The molecule has 6 heteroatoms. The quantitative estimate of drug-likeness (QED) is 0.495. The monoisotopic (exact) mass is 294 g/mol. The summed E-state index contributed by atoms with van der Waals surface area (Å²) in [5, 5.41) is 12.1. The van der Waals surface area contributed by atoms with E-state index in [0.29, 0.717) is 29.5 Å². The zero-order valence-electron chi connectivity index (χ0n) is 11.3. The van der Waals surface area contributed by atoms with Crippen molar-refractivity contribution in [2.45, 2.75) is 0 Å². The Morgan fingerprint density at radius 1 is 1.50 bits per heavy atom. The van der Waals surface area contributed by atoms with Crippen LogP contribution in [0.5, 0.6) is 5.75 Å². The third kappa shape index (κ3) is 4.57. The topological polar surface area (TPSA) is 71.3 Å². The molecule has 106 valence electrons. The van der Waals surface area contributed by atoms with Crippen LogP contribution in [0.25, 0.3) is 6.08 Å². The SMILES string of the molecule is COCCNC(=O)/C(C#N)=C/c1cc(Cl)ccc1OC. The Morgan fingerprint density at radius 2 is 2.25 bits per heavy atom. The van der Waals surface area contributed by atoms with Crippen LogP contribution in [0.15, 0.2) is 23.8 Å². The molecule has 0 heterocycles. The first kappa shape index (κ1) is 16.0. The predicted octanol–water partition coefficient (Wildman–Crippen LogP) is 2.02. The molecule has 0 atom stereocenters. The number of halogens is 1. The number of hydrogen-bond acceptors (Lipinski definition) is 4. The normalized spacial score (nSPS) is 10.8. The molecular formula is C14H15ClN2O3. The highest BCUT2D eigenvalue weighted by atomic mass is 35.5. The van der Waals surface area contributed by atoms with E-state index in [-0.39, 0.29) is 5.57 Å². The van der Waals surface area contributed by atoms with Gasteiger partial charge < -0.3 is 14.8 Å². The van der Waals surface area contributed by atoms with Crippen molar-refractivity contribution >= 4 is 23.6 Å². The Morgan fingerprint density at radius 3 is 2.85 bits per heavy atom. The molecule has 0 unspecified atom stereocenters. The van der Waals surface area contributed by atoms with Crippen LogP contribution in [0.4, 0.5) is 0 Å². The Labute approximate surface area is 122 Å². The molecule has 1 rings (SSSR count). The highest BCUT2D eigenvalue weighted by molar-refractivity contribution is 6.30. The van der Waals surface area contributed by atoms with E-state index in [0.717, 1.165) is 0 Å². The van der Waals surface area contributed by atoms with E-state index in [4.69, 9.17) is 26.3 Å². The van der Waals surface area contributed by atoms with Crippen LogP contribution < -0.4 is 10.1 Å². The van der Waals surface area contributed by atoms with Gasteiger partial charge in [0.1, 0.15) is 17.4 Å². The maximum absolute atomic E-state index is 11.8. The van der Waals surface area contributed by atoms with Crippen LogP contribution in [-0.4, -0.2) is 33.3 Å². The summed E-state index contributed by atoms with van der Waals surface area (Å²) in [7, 11) is 3.04. The first-order valence-corrected chi connectivity index (χ1v) is 6.22. The Bertz CT molecular complexity index is 550. The average molecular weight is 295 g/mol. The van der Waals surface area contributed by atoms with Gasteiger partial charge in [-0.3, -0.25) is 4.79 Å². The van der Waals surface area contributed by atoms with E-state index in [1.165, 1.54) is 20.3 Å². The van der Waals surface area contributed by atoms with Crippen molar-refractivity contribution in [2.24, 2.45) is 0 Å². The van der Waals surface area contributed by atoms with Gasteiger partial charge in [-0.1, -0.05) is 11.6 Å². The highest BCUT2D eigenvalue weighted by Gasteiger charge is 2.10. The second-order valence-corrected chi connectivity index (χ2v) is 4.24. The number of methoxy groups -OCH3 is 2. The molecule has 20 heavy (non-hydrogen) atoms. The number of carbonyl (C=O) groups excluding carboxylic acids is 1. The first-order chi connectivity index (χ1) is 9.62. The van der Waals surface area contributed by atoms with Crippen LogP contribution in [0.1, 0.15) is 5.56 Å². The van der Waals surface area contributed by atoms with Crippen molar-refractivity contribution in [3.05, 3.63) is 34.4 Å². The zero-order valence-corrected chi connectivity index (χ0v) is 12.0. The summed E-state index contributed by atoms with van der Waals surface area (Å²) in [5.41, 5.74) is 0.542.